The number of piperidine rings is 1. The number of fused-ring (bicyclic) bond motifs is 1. The summed E-state index contributed by atoms with van der Waals surface area (Å²) in [5, 5.41) is 1.32. The first-order valence-corrected chi connectivity index (χ1v) is 11.4. The van der Waals surface area contributed by atoms with Gasteiger partial charge in [0.25, 0.3) is 0 Å². The minimum Gasteiger partial charge on any atom is -0.457 e. The highest BCUT2D eigenvalue weighted by atomic mass is 16.5. The summed E-state index contributed by atoms with van der Waals surface area (Å²) in [4.78, 5) is 18.9. The van der Waals surface area contributed by atoms with Crippen LogP contribution in [0.5, 0.6) is 11.5 Å². The minimum absolute atomic E-state index is 0.111. The number of para-hydroxylation sites is 2. The molecule has 3 aromatic carbocycles. The van der Waals surface area contributed by atoms with Gasteiger partial charge in [-0.25, -0.2) is 0 Å². The van der Waals surface area contributed by atoms with Gasteiger partial charge in [0, 0.05) is 35.1 Å². The number of Topliss-reactive ketones (excluding diaryl/α,β-unsaturated/α-hetero) is 1. The van der Waals surface area contributed by atoms with E-state index in [-0.39, 0.29) is 11.7 Å². The Morgan fingerprint density at radius 2 is 1.56 bits per heavy atom. The lowest BCUT2D eigenvalue weighted by molar-refractivity contribution is 0.0841. The smallest absolute Gasteiger partial charge is 0.166 e. The van der Waals surface area contributed by atoms with Crippen LogP contribution in [0.3, 0.4) is 0 Å². The number of likely N-dealkylation sites (tertiary alicyclic amines) is 1. The van der Waals surface area contributed by atoms with Crippen molar-refractivity contribution in [2.75, 3.05) is 19.6 Å². The van der Waals surface area contributed by atoms with Crippen LogP contribution in [0.15, 0.2) is 85.1 Å². The van der Waals surface area contributed by atoms with E-state index >= 15 is 0 Å². The van der Waals surface area contributed by atoms with Gasteiger partial charge in [-0.1, -0.05) is 36.4 Å². The molecule has 1 N–H and O–H groups in total. The number of hydrogen-bond donors (Lipinski definition) is 1. The van der Waals surface area contributed by atoms with Gasteiger partial charge in [0.1, 0.15) is 11.5 Å². The van der Waals surface area contributed by atoms with Gasteiger partial charge in [0.15, 0.2) is 5.78 Å². The van der Waals surface area contributed by atoms with E-state index in [2.05, 4.69) is 40.3 Å². The molecular weight excluding hydrogens is 396 g/mol. The summed E-state index contributed by atoms with van der Waals surface area (Å²) < 4.78 is 5.84. The second-order valence-electron chi connectivity index (χ2n) is 8.53. The van der Waals surface area contributed by atoms with Crippen molar-refractivity contribution in [3.63, 3.8) is 0 Å². The molecular formula is C28H28N2O2. The minimum atomic E-state index is 0.111. The van der Waals surface area contributed by atoms with E-state index in [1.54, 1.807) is 0 Å². The van der Waals surface area contributed by atoms with Crippen LogP contribution in [-0.4, -0.2) is 35.3 Å². The molecule has 0 atom stereocenters. The first-order valence-electron chi connectivity index (χ1n) is 11.4. The molecule has 5 rings (SSSR count). The number of ketones is 1. The number of benzene rings is 3. The molecule has 0 unspecified atom stereocenters. The molecule has 1 aliphatic rings. The SMILES string of the molecule is O=C(c1ccc(Oc2ccccc2)cc1)C1CCN(CCc2c[nH]c3ccccc23)CC1. The maximum atomic E-state index is 13.0. The number of carbonyl (C=O) groups excluding carboxylic acids is 1. The van der Waals surface area contributed by atoms with E-state index in [0.29, 0.717) is 0 Å². The highest BCUT2D eigenvalue weighted by Crippen LogP contribution is 2.26. The van der Waals surface area contributed by atoms with Gasteiger partial charge in [-0.2, -0.15) is 0 Å². The summed E-state index contributed by atoms with van der Waals surface area (Å²) in [6.45, 7) is 3.00. The summed E-state index contributed by atoms with van der Waals surface area (Å²) in [6, 6.07) is 25.7. The Morgan fingerprint density at radius 1 is 0.875 bits per heavy atom. The molecule has 0 saturated carbocycles. The van der Waals surface area contributed by atoms with Crippen molar-refractivity contribution in [2.24, 2.45) is 5.92 Å². The Labute approximate surface area is 188 Å². The van der Waals surface area contributed by atoms with Crippen molar-refractivity contribution in [3.8, 4) is 11.5 Å². The van der Waals surface area contributed by atoms with Crippen molar-refractivity contribution in [3.05, 3.63) is 96.2 Å². The molecule has 4 nitrogen and oxygen atoms in total. The molecule has 2 heterocycles. The van der Waals surface area contributed by atoms with Crippen molar-refractivity contribution in [1.82, 2.24) is 9.88 Å². The number of ether oxygens (including phenoxy) is 1. The van der Waals surface area contributed by atoms with Crippen LogP contribution in [-0.2, 0) is 6.42 Å². The topological polar surface area (TPSA) is 45.3 Å². The fourth-order valence-corrected chi connectivity index (χ4v) is 4.58. The summed E-state index contributed by atoms with van der Waals surface area (Å²) in [5.74, 6) is 1.92. The van der Waals surface area contributed by atoms with Gasteiger partial charge in [-0.15, -0.1) is 0 Å². The van der Waals surface area contributed by atoms with Gasteiger partial charge < -0.3 is 14.6 Å². The summed E-state index contributed by atoms with van der Waals surface area (Å²) in [6.07, 6.45) is 5.02. The third kappa shape index (κ3) is 4.61. The van der Waals surface area contributed by atoms with Crippen LogP contribution in [0.2, 0.25) is 0 Å². The van der Waals surface area contributed by atoms with E-state index < -0.39 is 0 Å². The molecule has 1 aliphatic heterocycles. The van der Waals surface area contributed by atoms with Gasteiger partial charge in [0.2, 0.25) is 0 Å². The third-order valence-corrected chi connectivity index (χ3v) is 6.45. The molecule has 32 heavy (non-hydrogen) atoms. The average molecular weight is 425 g/mol. The molecule has 1 saturated heterocycles. The monoisotopic (exact) mass is 424 g/mol. The zero-order chi connectivity index (χ0) is 21.8. The lowest BCUT2D eigenvalue weighted by atomic mass is 9.88. The molecule has 0 spiro atoms. The fraction of sp³-hybridized carbons (Fsp3) is 0.250. The summed E-state index contributed by atoms with van der Waals surface area (Å²) in [7, 11) is 0. The Balaban J connectivity index is 1.12. The second kappa shape index (κ2) is 9.41. The number of aromatic nitrogens is 1. The Morgan fingerprint density at radius 3 is 2.34 bits per heavy atom. The van der Waals surface area contributed by atoms with E-state index in [0.717, 1.165) is 56.0 Å². The highest BCUT2D eigenvalue weighted by molar-refractivity contribution is 5.98. The zero-order valence-electron chi connectivity index (χ0n) is 18.2. The first-order chi connectivity index (χ1) is 15.8. The Hall–Kier alpha value is -3.37. The number of nitrogens with zero attached hydrogens (tertiary/aromatic N) is 1. The average Bonchev–Trinajstić information content (AvgIpc) is 3.27. The molecule has 0 aliphatic carbocycles. The maximum Gasteiger partial charge on any atom is 0.166 e. The summed E-state index contributed by atoms with van der Waals surface area (Å²) >= 11 is 0. The molecule has 0 bridgehead atoms. The molecule has 1 fully saturated rings. The van der Waals surface area contributed by atoms with Crippen LogP contribution < -0.4 is 4.74 Å². The molecule has 4 heteroatoms. The second-order valence-corrected chi connectivity index (χ2v) is 8.53. The van der Waals surface area contributed by atoms with Crippen molar-refractivity contribution in [1.29, 1.82) is 0 Å². The standard InChI is InChI=1S/C28H28N2O2/c31-28(21-10-12-25(13-11-21)32-24-6-2-1-3-7-24)22-14-17-30(18-15-22)19-16-23-20-29-27-9-5-4-8-26(23)27/h1-13,20,22,29H,14-19H2. The molecule has 0 radical (unpaired) electrons. The number of H-pyrrole nitrogens is 1. The van der Waals surface area contributed by atoms with E-state index in [1.165, 1.54) is 16.5 Å². The highest BCUT2D eigenvalue weighted by Gasteiger charge is 2.25. The van der Waals surface area contributed by atoms with Crippen LogP contribution in [0.4, 0.5) is 0 Å². The van der Waals surface area contributed by atoms with Crippen LogP contribution >= 0.6 is 0 Å². The Bertz CT molecular complexity index is 1170. The van der Waals surface area contributed by atoms with Crippen LogP contribution in [0.1, 0.15) is 28.8 Å². The van der Waals surface area contributed by atoms with Gasteiger partial charge >= 0.3 is 0 Å². The van der Waals surface area contributed by atoms with E-state index in [1.807, 2.05) is 54.6 Å². The third-order valence-electron chi connectivity index (χ3n) is 6.45. The number of nitrogens with one attached hydrogen (secondary N) is 1. The van der Waals surface area contributed by atoms with Crippen molar-refractivity contribution in [2.45, 2.75) is 19.3 Å². The van der Waals surface area contributed by atoms with Crippen LogP contribution in [0.25, 0.3) is 10.9 Å². The lowest BCUT2D eigenvalue weighted by Gasteiger charge is -2.31. The fourth-order valence-electron chi connectivity index (χ4n) is 4.58. The van der Waals surface area contributed by atoms with Crippen molar-refractivity contribution < 1.29 is 9.53 Å². The van der Waals surface area contributed by atoms with Crippen LogP contribution in [0, 0.1) is 5.92 Å². The van der Waals surface area contributed by atoms with Gasteiger partial charge in [0.05, 0.1) is 0 Å². The lowest BCUT2D eigenvalue weighted by Crippen LogP contribution is -2.37. The molecule has 1 aromatic heterocycles. The number of carbonyl (C=O) groups is 1. The van der Waals surface area contributed by atoms with Gasteiger partial charge in [-0.3, -0.25) is 4.79 Å². The number of hydrogen-bond acceptors (Lipinski definition) is 3. The summed E-state index contributed by atoms with van der Waals surface area (Å²) in [5.41, 5.74) is 3.35. The van der Waals surface area contributed by atoms with Gasteiger partial charge in [-0.05, 0) is 80.4 Å². The maximum absolute atomic E-state index is 13.0. The normalized spacial score (nSPS) is 15.1. The first kappa shape index (κ1) is 20.5. The predicted molar refractivity (Wildman–Crippen MR) is 128 cm³/mol. The van der Waals surface area contributed by atoms with Crippen molar-refractivity contribution >= 4 is 16.7 Å². The molecule has 4 aromatic rings. The largest absolute Gasteiger partial charge is 0.457 e. The molecule has 162 valence electrons. The quantitative estimate of drug-likeness (QED) is 0.365. The predicted octanol–water partition coefficient (Wildman–Crippen LogP) is 6.10. The number of aromatic amines is 1. The zero-order valence-corrected chi connectivity index (χ0v) is 18.2. The van der Waals surface area contributed by atoms with E-state index in [9.17, 15) is 4.79 Å². The molecule has 0 amide bonds. The van der Waals surface area contributed by atoms with E-state index in [4.69, 9.17) is 4.74 Å². The Kier molecular flexibility index (Phi) is 6.04. The number of rotatable bonds is 7.